The molecule has 1 nitrogen and oxygen atoms in total. The van der Waals surface area contributed by atoms with Gasteiger partial charge in [-0.2, -0.15) is 0 Å². The summed E-state index contributed by atoms with van der Waals surface area (Å²) in [6.45, 7) is 0. The first-order valence-corrected chi connectivity index (χ1v) is 15.0. The molecule has 0 aromatic heterocycles. The Hall–Kier alpha value is 1.55. The summed E-state index contributed by atoms with van der Waals surface area (Å²) in [7, 11) is 14.2. The SMILES string of the molecule is [O]=[Bi-2]([Cl])([Cl])[Cl]. The van der Waals surface area contributed by atoms with E-state index >= 15 is 0 Å². The summed E-state index contributed by atoms with van der Waals surface area (Å²) in [5, 5.41) is 0. The Balaban J connectivity index is 3.47. The molecule has 0 aromatic carbocycles. The van der Waals surface area contributed by atoms with Crippen molar-refractivity contribution in [3.63, 3.8) is 0 Å². The second-order valence-corrected chi connectivity index (χ2v) is 20.6. The van der Waals surface area contributed by atoms with E-state index in [1.54, 1.807) is 0 Å². The van der Waals surface area contributed by atoms with Crippen LogP contribution in [0.1, 0.15) is 0 Å². The van der Waals surface area contributed by atoms with Gasteiger partial charge in [-0.1, -0.05) is 0 Å². The molecule has 0 aliphatic carbocycles. The monoisotopic (exact) mass is 330 g/mol. The molecule has 0 aliphatic rings. The van der Waals surface area contributed by atoms with E-state index in [4.69, 9.17) is 25.5 Å². The molecule has 0 spiro atoms. The number of rotatable bonds is 0. The minimum absolute atomic E-state index is 4.06. The molecule has 5 heavy (non-hydrogen) atoms. The number of hydrogen-bond acceptors (Lipinski definition) is 1. The van der Waals surface area contributed by atoms with E-state index < -0.39 is 16.7 Å². The Kier molecular flexibility index (Phi) is 2.64. The molecule has 34 valence electrons. The van der Waals surface area contributed by atoms with Gasteiger partial charge in [-0.25, -0.2) is 0 Å². The van der Waals surface area contributed by atoms with Gasteiger partial charge in [-0.15, -0.1) is 0 Å². The summed E-state index contributed by atoms with van der Waals surface area (Å²) in [5.74, 6) is 0. The van der Waals surface area contributed by atoms with Crippen LogP contribution in [0.15, 0.2) is 0 Å². The second kappa shape index (κ2) is 2.02. The van der Waals surface area contributed by atoms with E-state index in [1.807, 2.05) is 0 Å². The van der Waals surface area contributed by atoms with Gasteiger partial charge in [0, 0.05) is 0 Å². The van der Waals surface area contributed by atoms with Crippen LogP contribution in [0.4, 0.5) is 0 Å². The normalized spacial score (nSPS) is 15.0. The van der Waals surface area contributed by atoms with Crippen molar-refractivity contribution in [1.29, 1.82) is 0 Å². The molecule has 5 heteroatoms. The zero-order valence-electron chi connectivity index (χ0n) is 1.99. The van der Waals surface area contributed by atoms with E-state index in [1.165, 1.54) is 0 Å². The predicted octanol–water partition coefficient (Wildman–Crippen LogP) is 1.57. The van der Waals surface area contributed by atoms with Gasteiger partial charge in [0.15, 0.2) is 0 Å². The summed E-state index contributed by atoms with van der Waals surface area (Å²) in [6.07, 6.45) is 0. The summed E-state index contributed by atoms with van der Waals surface area (Å²) >= 11 is -4.06. The minimum atomic E-state index is -4.06. The summed E-state index contributed by atoms with van der Waals surface area (Å²) in [4.78, 5) is 0. The van der Waals surface area contributed by atoms with Gasteiger partial charge < -0.3 is 0 Å². The fraction of sp³-hybridized carbons (Fsp3) is 0. The van der Waals surface area contributed by atoms with Gasteiger partial charge in [0.05, 0.1) is 0 Å². The number of hydrogen-bond donors (Lipinski definition) is 0. The molecule has 0 N–H and O–H groups in total. The maximum absolute atomic E-state index is 9.62. The fourth-order valence-corrected chi connectivity index (χ4v) is 0. The van der Waals surface area contributed by atoms with Gasteiger partial charge in [-0.05, 0) is 0 Å². The molecule has 0 saturated carbocycles. The van der Waals surface area contributed by atoms with Crippen molar-refractivity contribution < 1.29 is 2.81 Å². The van der Waals surface area contributed by atoms with Crippen LogP contribution in [0.5, 0.6) is 0 Å². The van der Waals surface area contributed by atoms with Crippen LogP contribution in [-0.4, -0.2) is 16.7 Å². The predicted molar refractivity (Wildman–Crippen MR) is 24.0 cm³/mol. The van der Waals surface area contributed by atoms with Gasteiger partial charge in [0.1, 0.15) is 0 Å². The van der Waals surface area contributed by atoms with Crippen LogP contribution in [0.25, 0.3) is 0 Å². The summed E-state index contributed by atoms with van der Waals surface area (Å²) in [6, 6.07) is 0. The molecule has 0 aliphatic heterocycles. The third-order valence-electron chi connectivity index (χ3n) is 0. The molecule has 0 atom stereocenters. The summed E-state index contributed by atoms with van der Waals surface area (Å²) < 4.78 is 9.62. The van der Waals surface area contributed by atoms with Gasteiger partial charge in [0.25, 0.3) is 0 Å². The van der Waals surface area contributed by atoms with Gasteiger partial charge in [-0.3, -0.25) is 0 Å². The Labute approximate surface area is 44.7 Å². The van der Waals surface area contributed by atoms with Crippen molar-refractivity contribution >= 4 is 42.2 Å². The van der Waals surface area contributed by atoms with Crippen LogP contribution in [0.2, 0.25) is 0 Å². The molecule has 0 amide bonds. The third kappa shape index (κ3) is 29.1. The zero-order chi connectivity index (χ0) is 4.50. The van der Waals surface area contributed by atoms with Crippen LogP contribution >= 0.6 is 25.5 Å². The topological polar surface area (TPSA) is 17.1 Å². The molecule has 0 fully saturated rings. The van der Waals surface area contributed by atoms with Crippen molar-refractivity contribution in [2.45, 2.75) is 0 Å². The summed E-state index contributed by atoms with van der Waals surface area (Å²) in [5.41, 5.74) is 0. The van der Waals surface area contributed by atoms with Crippen LogP contribution in [0.3, 0.4) is 0 Å². The van der Waals surface area contributed by atoms with E-state index in [2.05, 4.69) is 0 Å². The second-order valence-electron chi connectivity index (χ2n) is 0.399. The van der Waals surface area contributed by atoms with Crippen LogP contribution in [0, 0.1) is 0 Å². The van der Waals surface area contributed by atoms with Crippen molar-refractivity contribution in [2.75, 3.05) is 0 Å². The molecule has 0 aromatic rings. The van der Waals surface area contributed by atoms with Crippen molar-refractivity contribution in [3.8, 4) is 0 Å². The molecular formula is BiCl3O-2. The Bertz CT molecular complexity index is 53.0. The average molecular weight is 331 g/mol. The Morgan fingerprint density at radius 2 is 1.20 bits per heavy atom. The Morgan fingerprint density at radius 1 is 1.20 bits per heavy atom. The molecule has 0 rings (SSSR count). The first kappa shape index (κ1) is 6.55. The van der Waals surface area contributed by atoms with Crippen molar-refractivity contribution in [3.05, 3.63) is 0 Å². The first-order valence-electron chi connectivity index (χ1n) is 0.690. The third-order valence-corrected chi connectivity index (χ3v) is 0. The van der Waals surface area contributed by atoms with E-state index in [0.29, 0.717) is 0 Å². The fourth-order valence-electron chi connectivity index (χ4n) is 0. The molecular weight excluding hydrogens is 331 g/mol. The molecule has 0 unspecified atom stereocenters. The van der Waals surface area contributed by atoms with E-state index in [-0.39, 0.29) is 0 Å². The quantitative estimate of drug-likeness (QED) is 0.616. The standard InChI is InChI=1S/Bi.3ClH.O/h;3*1H;/q+1;;;;/p-3. The first-order chi connectivity index (χ1) is 2.00. The van der Waals surface area contributed by atoms with Gasteiger partial charge >= 0.3 is 45.0 Å². The zero-order valence-corrected chi connectivity index (χ0v) is 7.73. The Morgan fingerprint density at radius 3 is 1.20 bits per heavy atom. The van der Waals surface area contributed by atoms with Crippen molar-refractivity contribution in [2.24, 2.45) is 0 Å². The molecule has 0 heterocycles. The maximum atomic E-state index is 9.62. The molecule has 0 saturated heterocycles. The number of halogens is 3. The average Bonchev–Trinajstić information content (AvgIpc) is 0.722. The van der Waals surface area contributed by atoms with E-state index in [0.717, 1.165) is 0 Å². The van der Waals surface area contributed by atoms with E-state index in [9.17, 15) is 2.81 Å². The van der Waals surface area contributed by atoms with Gasteiger partial charge in [0.2, 0.25) is 0 Å². The van der Waals surface area contributed by atoms with Crippen LogP contribution in [-0.2, 0) is 2.81 Å². The molecule has 0 bridgehead atoms. The molecule has 0 radical (unpaired) electrons. The van der Waals surface area contributed by atoms with Crippen LogP contribution < -0.4 is 0 Å². The van der Waals surface area contributed by atoms with Crippen molar-refractivity contribution in [1.82, 2.24) is 0 Å².